The molecule has 0 fully saturated rings. The molecule has 6 nitrogen and oxygen atoms in total. The van der Waals surface area contributed by atoms with E-state index in [0.29, 0.717) is 12.6 Å². The number of alkyl halides is 3. The number of rotatable bonds is 3. The average Bonchev–Trinajstić information content (AvgIpc) is 2.86. The van der Waals surface area contributed by atoms with E-state index in [1.807, 2.05) is 0 Å². The normalized spacial score (nSPS) is 15.5. The fourth-order valence-electron chi connectivity index (χ4n) is 1.60. The van der Waals surface area contributed by atoms with Gasteiger partial charge in [0.25, 0.3) is 0 Å². The summed E-state index contributed by atoms with van der Waals surface area (Å²) in [4.78, 5) is 0.0684. The highest BCUT2D eigenvalue weighted by atomic mass is 32.2. The first kappa shape index (κ1) is 16.4. The Balaban J connectivity index is 2.37. The topological polar surface area (TPSA) is 85.1 Å². The van der Waals surface area contributed by atoms with E-state index in [2.05, 4.69) is 10.3 Å². The molecule has 0 saturated carbocycles. The summed E-state index contributed by atoms with van der Waals surface area (Å²) in [5.74, 6) is 0. The number of nitrogens with zero attached hydrogens (tertiary/aromatic N) is 3. The van der Waals surface area contributed by atoms with Gasteiger partial charge >= 0.3 is 6.18 Å². The van der Waals surface area contributed by atoms with Crippen LogP contribution in [0.4, 0.5) is 13.2 Å². The standard InChI is InChI=1S/C12H12F3N3O3S/c1-11(19,12(13,14)15)10-7-18(17-16-10)8-3-5-9(6-4-8)22(2,20)21/h3-7,19H,1-2H3. The average molecular weight is 335 g/mol. The van der Waals surface area contributed by atoms with E-state index in [-0.39, 0.29) is 4.90 Å². The first-order chi connectivity index (χ1) is 9.93. The van der Waals surface area contributed by atoms with Gasteiger partial charge in [-0.25, -0.2) is 13.1 Å². The van der Waals surface area contributed by atoms with Crippen molar-refractivity contribution in [3.8, 4) is 5.69 Å². The number of hydrogen-bond donors (Lipinski definition) is 1. The lowest BCUT2D eigenvalue weighted by Crippen LogP contribution is -2.39. The summed E-state index contributed by atoms with van der Waals surface area (Å²) in [6.45, 7) is 0.577. The van der Waals surface area contributed by atoms with Crippen molar-refractivity contribution >= 4 is 9.84 Å². The Morgan fingerprint density at radius 1 is 1.18 bits per heavy atom. The predicted molar refractivity (Wildman–Crippen MR) is 70.1 cm³/mol. The van der Waals surface area contributed by atoms with Crippen LogP contribution in [-0.2, 0) is 15.4 Å². The Hall–Kier alpha value is -1.94. The zero-order chi connectivity index (χ0) is 16.8. The maximum atomic E-state index is 12.7. The largest absolute Gasteiger partial charge is 0.422 e. The molecule has 1 N–H and O–H groups in total. The Kier molecular flexibility index (Phi) is 3.78. The highest BCUT2D eigenvalue weighted by Gasteiger charge is 2.53. The molecule has 1 unspecified atom stereocenters. The van der Waals surface area contributed by atoms with E-state index < -0.39 is 27.3 Å². The highest BCUT2D eigenvalue weighted by Crippen LogP contribution is 2.37. The molecule has 0 aliphatic rings. The third-order valence-corrected chi connectivity index (χ3v) is 4.20. The van der Waals surface area contributed by atoms with E-state index in [4.69, 9.17) is 0 Å². The molecule has 22 heavy (non-hydrogen) atoms. The maximum Gasteiger partial charge on any atom is 0.422 e. The van der Waals surface area contributed by atoms with Crippen molar-refractivity contribution in [3.05, 3.63) is 36.2 Å². The summed E-state index contributed by atoms with van der Waals surface area (Å²) in [6, 6.07) is 5.34. The lowest BCUT2D eigenvalue weighted by molar-refractivity contribution is -0.260. The van der Waals surface area contributed by atoms with Crippen LogP contribution in [0.2, 0.25) is 0 Å². The Morgan fingerprint density at radius 2 is 1.73 bits per heavy atom. The van der Waals surface area contributed by atoms with Crippen molar-refractivity contribution in [1.29, 1.82) is 0 Å². The Bertz CT molecular complexity index is 780. The van der Waals surface area contributed by atoms with Crippen molar-refractivity contribution in [2.45, 2.75) is 23.6 Å². The molecular weight excluding hydrogens is 323 g/mol. The van der Waals surface area contributed by atoms with Crippen LogP contribution in [0.1, 0.15) is 12.6 Å². The van der Waals surface area contributed by atoms with Crippen molar-refractivity contribution in [2.24, 2.45) is 0 Å². The lowest BCUT2D eigenvalue weighted by atomic mass is 10.0. The molecule has 2 rings (SSSR count). The monoisotopic (exact) mass is 335 g/mol. The minimum atomic E-state index is -4.89. The van der Waals surface area contributed by atoms with Crippen LogP contribution in [0.25, 0.3) is 5.69 Å². The minimum Gasteiger partial charge on any atom is -0.375 e. The fraction of sp³-hybridized carbons (Fsp3) is 0.333. The second kappa shape index (κ2) is 5.06. The summed E-state index contributed by atoms with van der Waals surface area (Å²) < 4.78 is 61.8. The molecule has 1 heterocycles. The Morgan fingerprint density at radius 3 is 2.18 bits per heavy atom. The molecule has 0 saturated heterocycles. The minimum absolute atomic E-state index is 0.0684. The van der Waals surface area contributed by atoms with E-state index in [0.717, 1.165) is 17.1 Å². The highest BCUT2D eigenvalue weighted by molar-refractivity contribution is 7.90. The molecule has 0 bridgehead atoms. The molecule has 0 aliphatic heterocycles. The van der Waals surface area contributed by atoms with Gasteiger partial charge in [0.05, 0.1) is 16.8 Å². The lowest BCUT2D eigenvalue weighted by Gasteiger charge is -2.23. The van der Waals surface area contributed by atoms with Crippen LogP contribution < -0.4 is 0 Å². The zero-order valence-corrected chi connectivity index (χ0v) is 12.4. The number of hydrogen-bond acceptors (Lipinski definition) is 5. The molecule has 0 spiro atoms. The molecule has 1 aromatic heterocycles. The second-order valence-electron chi connectivity index (χ2n) is 4.88. The summed E-state index contributed by atoms with van der Waals surface area (Å²) in [6.07, 6.45) is -2.92. The number of halogens is 3. The van der Waals surface area contributed by atoms with Gasteiger partial charge in [0.2, 0.25) is 5.60 Å². The summed E-state index contributed by atoms with van der Waals surface area (Å²) >= 11 is 0. The molecule has 0 amide bonds. The van der Waals surface area contributed by atoms with Crippen molar-refractivity contribution in [3.63, 3.8) is 0 Å². The fourth-order valence-corrected chi connectivity index (χ4v) is 2.23. The second-order valence-corrected chi connectivity index (χ2v) is 6.90. The molecule has 2 aromatic rings. The first-order valence-electron chi connectivity index (χ1n) is 5.95. The molecule has 1 atom stereocenters. The van der Waals surface area contributed by atoms with Crippen LogP contribution in [-0.4, -0.2) is 41.0 Å². The smallest absolute Gasteiger partial charge is 0.375 e. The van der Waals surface area contributed by atoms with Crippen molar-refractivity contribution < 1.29 is 26.7 Å². The SMILES string of the molecule is CC(O)(c1cn(-c2ccc(S(C)(=O)=O)cc2)nn1)C(F)(F)F. The summed E-state index contributed by atoms with van der Waals surface area (Å²) in [5.41, 5.74) is -3.48. The van der Waals surface area contributed by atoms with Crippen molar-refractivity contribution in [2.75, 3.05) is 6.26 Å². The van der Waals surface area contributed by atoms with Gasteiger partial charge in [0, 0.05) is 6.26 Å². The van der Waals surface area contributed by atoms with Gasteiger partial charge in [-0.2, -0.15) is 13.2 Å². The molecule has 0 aliphatic carbocycles. The van der Waals surface area contributed by atoms with Gasteiger partial charge in [0.15, 0.2) is 9.84 Å². The van der Waals surface area contributed by atoms with Crippen molar-refractivity contribution in [1.82, 2.24) is 15.0 Å². The molecule has 10 heteroatoms. The van der Waals surface area contributed by atoms with Gasteiger partial charge in [-0.3, -0.25) is 0 Å². The van der Waals surface area contributed by atoms with Gasteiger partial charge < -0.3 is 5.11 Å². The zero-order valence-electron chi connectivity index (χ0n) is 11.5. The first-order valence-corrected chi connectivity index (χ1v) is 7.84. The van der Waals surface area contributed by atoms with Crippen LogP contribution >= 0.6 is 0 Å². The molecule has 1 aromatic carbocycles. The van der Waals surface area contributed by atoms with E-state index in [1.165, 1.54) is 24.3 Å². The molecular formula is C12H12F3N3O3S. The number of sulfone groups is 1. The van der Waals surface area contributed by atoms with E-state index >= 15 is 0 Å². The van der Waals surface area contributed by atoms with Gasteiger partial charge in [0.1, 0.15) is 5.69 Å². The maximum absolute atomic E-state index is 12.7. The predicted octanol–water partition coefficient (Wildman–Crippen LogP) is 1.44. The summed E-state index contributed by atoms with van der Waals surface area (Å²) in [7, 11) is -3.37. The van der Waals surface area contributed by atoms with Crippen LogP contribution in [0.15, 0.2) is 35.4 Å². The van der Waals surface area contributed by atoms with Gasteiger partial charge in [-0.05, 0) is 31.2 Å². The molecule has 0 radical (unpaired) electrons. The van der Waals surface area contributed by atoms with Crippen LogP contribution in [0, 0.1) is 0 Å². The van der Waals surface area contributed by atoms with Crippen LogP contribution in [0.5, 0.6) is 0 Å². The van der Waals surface area contributed by atoms with Gasteiger partial charge in [-0.1, -0.05) is 5.21 Å². The van der Waals surface area contributed by atoms with Crippen LogP contribution in [0.3, 0.4) is 0 Å². The summed E-state index contributed by atoms with van der Waals surface area (Å²) in [5, 5.41) is 16.4. The van der Waals surface area contributed by atoms with E-state index in [9.17, 15) is 26.7 Å². The number of benzene rings is 1. The number of aliphatic hydroxyl groups is 1. The Labute approximate surface area is 124 Å². The third-order valence-electron chi connectivity index (χ3n) is 3.07. The molecule has 120 valence electrons. The number of aromatic nitrogens is 3. The van der Waals surface area contributed by atoms with E-state index in [1.54, 1.807) is 0 Å². The third kappa shape index (κ3) is 2.97. The quantitative estimate of drug-likeness (QED) is 0.917. The van der Waals surface area contributed by atoms with Gasteiger partial charge in [-0.15, -0.1) is 5.10 Å².